The summed E-state index contributed by atoms with van der Waals surface area (Å²) in [5.41, 5.74) is 15.1. The maximum absolute atomic E-state index is 2.74. The topological polar surface area (TPSA) is 3.24 Å². The molecule has 0 bridgehead atoms. The van der Waals surface area contributed by atoms with Gasteiger partial charge in [-0.3, -0.25) is 0 Å². The van der Waals surface area contributed by atoms with Crippen molar-refractivity contribution in [3.63, 3.8) is 0 Å². The average Bonchev–Trinajstić information content (AvgIpc) is 3.22. The SMILES string of the molecule is Cc1ccc2c(c1)[Si](c1ccccc1)(c1ccccc1)c1cc(C)ccc1N2c1ccc2c(c1)Sc1ccccc1B2c1c(C(C)C)cc(C(C)C)cc1C(C)C. The normalized spacial score (nSPS) is 14.1. The summed E-state index contributed by atoms with van der Waals surface area (Å²) >= 11 is 1.94. The van der Waals surface area contributed by atoms with Gasteiger partial charge in [0.1, 0.15) is 0 Å². The minimum absolute atomic E-state index is 0.157. The Morgan fingerprint density at radius 2 is 1.00 bits per heavy atom. The zero-order valence-corrected chi connectivity index (χ0v) is 36.4. The Balaban J connectivity index is 1.30. The van der Waals surface area contributed by atoms with Crippen molar-refractivity contribution in [2.45, 2.75) is 82.9 Å². The van der Waals surface area contributed by atoms with Crippen LogP contribution in [0.15, 0.2) is 161 Å². The van der Waals surface area contributed by atoms with Crippen LogP contribution in [-0.4, -0.2) is 14.8 Å². The Kier molecular flexibility index (Phi) is 9.70. The average molecular weight is 774 g/mol. The Hall–Kier alpha value is -5.03. The summed E-state index contributed by atoms with van der Waals surface area (Å²) in [6.45, 7) is 18.8. The smallest absolute Gasteiger partial charge is 0.244 e. The molecule has 2 heterocycles. The number of benzene rings is 7. The molecule has 0 saturated carbocycles. The lowest BCUT2D eigenvalue weighted by Crippen LogP contribution is -2.77. The van der Waals surface area contributed by atoms with E-state index in [2.05, 4.69) is 212 Å². The van der Waals surface area contributed by atoms with Crippen molar-refractivity contribution in [2.24, 2.45) is 0 Å². The van der Waals surface area contributed by atoms with E-state index in [1.807, 2.05) is 11.8 Å². The fourth-order valence-electron chi connectivity index (χ4n) is 9.75. The molecule has 1 nitrogen and oxygen atoms in total. The van der Waals surface area contributed by atoms with E-state index in [-0.39, 0.29) is 6.71 Å². The summed E-state index contributed by atoms with van der Waals surface area (Å²) in [7, 11) is -2.74. The molecule has 282 valence electrons. The van der Waals surface area contributed by atoms with E-state index in [1.54, 1.807) is 0 Å². The molecule has 0 radical (unpaired) electrons. The number of aryl methyl sites for hydroxylation is 2. The van der Waals surface area contributed by atoms with Gasteiger partial charge in [-0.25, -0.2) is 0 Å². The number of hydrogen-bond donors (Lipinski definition) is 0. The number of hydrogen-bond acceptors (Lipinski definition) is 2. The minimum atomic E-state index is -2.74. The Morgan fingerprint density at radius 3 is 1.53 bits per heavy atom. The zero-order valence-electron chi connectivity index (χ0n) is 34.6. The van der Waals surface area contributed by atoms with Gasteiger partial charge in [0.05, 0.1) is 0 Å². The first-order valence-electron chi connectivity index (χ1n) is 20.8. The summed E-state index contributed by atoms with van der Waals surface area (Å²) in [6, 6.07) is 58.8. The minimum Gasteiger partial charge on any atom is -0.311 e. The van der Waals surface area contributed by atoms with Crippen molar-refractivity contribution < 1.29 is 0 Å². The van der Waals surface area contributed by atoms with Crippen molar-refractivity contribution >= 4 is 80.7 Å². The zero-order chi connectivity index (χ0) is 39.6. The molecule has 7 aromatic rings. The summed E-state index contributed by atoms with van der Waals surface area (Å²) in [5.74, 6) is 1.30. The largest absolute Gasteiger partial charge is 0.311 e. The van der Waals surface area contributed by atoms with Crippen LogP contribution in [0.5, 0.6) is 0 Å². The molecule has 0 fully saturated rings. The van der Waals surface area contributed by atoms with Crippen LogP contribution >= 0.6 is 11.8 Å². The third-order valence-electron chi connectivity index (χ3n) is 12.5. The molecule has 2 aliphatic rings. The second-order valence-electron chi connectivity index (χ2n) is 17.2. The Labute approximate surface area is 346 Å². The third-order valence-corrected chi connectivity index (χ3v) is 18.5. The standard InChI is InChI=1S/C53H52BNSSi/c1-34(2)39-31-43(35(3)4)53(44(32-39)36(5)6)54-45-21-15-16-22-49(45)56-50-33-40(25-26-46(50)54)55-47-27-23-37(7)29-51(47)57(41-17-11-9-12-18-41,42-19-13-10-14-20-42)52-30-38(8)24-28-48(52)55/h9-36H,1-8H3. The second-order valence-corrected chi connectivity index (χ2v) is 22.0. The van der Waals surface area contributed by atoms with Crippen LogP contribution in [0.25, 0.3) is 0 Å². The Bertz CT molecular complexity index is 2510. The van der Waals surface area contributed by atoms with Crippen molar-refractivity contribution in [1.29, 1.82) is 0 Å². The van der Waals surface area contributed by atoms with Crippen LogP contribution < -0.4 is 42.0 Å². The molecule has 0 aromatic heterocycles. The Morgan fingerprint density at radius 1 is 0.491 bits per heavy atom. The molecular formula is C53H52BNSSi. The highest BCUT2D eigenvalue weighted by Crippen LogP contribution is 2.41. The van der Waals surface area contributed by atoms with Gasteiger partial charge in [-0.05, 0) is 99.4 Å². The molecule has 0 aliphatic carbocycles. The summed E-state index contributed by atoms with van der Waals surface area (Å²) in [5, 5.41) is 5.72. The van der Waals surface area contributed by atoms with Crippen LogP contribution in [0.4, 0.5) is 17.1 Å². The van der Waals surface area contributed by atoms with Gasteiger partial charge in [0.2, 0.25) is 6.71 Å². The van der Waals surface area contributed by atoms with E-state index >= 15 is 0 Å². The van der Waals surface area contributed by atoms with Crippen molar-refractivity contribution in [3.05, 3.63) is 179 Å². The van der Waals surface area contributed by atoms with E-state index in [9.17, 15) is 0 Å². The van der Waals surface area contributed by atoms with Crippen molar-refractivity contribution in [3.8, 4) is 0 Å². The maximum atomic E-state index is 2.58. The van der Waals surface area contributed by atoms with Gasteiger partial charge >= 0.3 is 0 Å². The molecular weight excluding hydrogens is 722 g/mol. The molecule has 0 saturated heterocycles. The lowest BCUT2D eigenvalue weighted by atomic mass is 9.34. The van der Waals surface area contributed by atoms with Crippen LogP contribution in [0.3, 0.4) is 0 Å². The van der Waals surface area contributed by atoms with E-state index in [0.29, 0.717) is 17.8 Å². The number of nitrogens with zero attached hydrogens (tertiary/aromatic N) is 1. The van der Waals surface area contributed by atoms with Gasteiger partial charge in [-0.15, -0.1) is 0 Å². The molecule has 9 rings (SSSR count). The monoisotopic (exact) mass is 773 g/mol. The fraction of sp³-hybridized carbons (Fsp3) is 0.208. The second kappa shape index (κ2) is 14.7. The highest BCUT2D eigenvalue weighted by molar-refractivity contribution is 8.00. The highest BCUT2D eigenvalue weighted by Gasteiger charge is 2.49. The van der Waals surface area contributed by atoms with Crippen molar-refractivity contribution in [1.82, 2.24) is 0 Å². The summed E-state index contributed by atoms with van der Waals surface area (Å²) in [4.78, 5) is 5.28. The van der Waals surface area contributed by atoms with Crippen LogP contribution in [0, 0.1) is 13.8 Å². The van der Waals surface area contributed by atoms with E-state index in [0.717, 1.165) is 0 Å². The quantitative estimate of drug-likeness (QED) is 0.149. The van der Waals surface area contributed by atoms with Gasteiger partial charge in [-0.2, -0.15) is 0 Å². The highest BCUT2D eigenvalue weighted by atomic mass is 32.2. The number of fused-ring (bicyclic) bond motifs is 4. The van der Waals surface area contributed by atoms with Crippen molar-refractivity contribution in [2.75, 3.05) is 4.90 Å². The first kappa shape index (κ1) is 37.5. The molecule has 4 heteroatoms. The molecule has 57 heavy (non-hydrogen) atoms. The first-order valence-corrected chi connectivity index (χ1v) is 23.6. The predicted molar refractivity (Wildman–Crippen MR) is 252 cm³/mol. The summed E-state index contributed by atoms with van der Waals surface area (Å²) < 4.78 is 0. The van der Waals surface area contributed by atoms with Crippen LogP contribution in [0.2, 0.25) is 0 Å². The fourth-order valence-corrected chi connectivity index (χ4v) is 16.2. The first-order chi connectivity index (χ1) is 27.6. The van der Waals surface area contributed by atoms with E-state index in [1.165, 1.54) is 91.8 Å². The molecule has 2 aliphatic heterocycles. The lowest BCUT2D eigenvalue weighted by Gasteiger charge is -2.45. The molecule has 7 aromatic carbocycles. The third kappa shape index (κ3) is 6.15. The maximum Gasteiger partial charge on any atom is 0.244 e. The molecule has 0 amide bonds. The van der Waals surface area contributed by atoms with Gasteiger partial charge in [0.15, 0.2) is 8.07 Å². The molecule has 0 atom stereocenters. The van der Waals surface area contributed by atoms with Gasteiger partial charge < -0.3 is 4.90 Å². The van der Waals surface area contributed by atoms with E-state index in [4.69, 9.17) is 0 Å². The molecule has 0 spiro atoms. The number of anilines is 3. The lowest BCUT2D eigenvalue weighted by molar-refractivity contribution is 0.812. The van der Waals surface area contributed by atoms with Crippen LogP contribution in [0.1, 0.15) is 87.1 Å². The summed E-state index contributed by atoms with van der Waals surface area (Å²) in [6.07, 6.45) is 0. The van der Waals surface area contributed by atoms with Gasteiger partial charge in [-0.1, -0.05) is 202 Å². The molecule has 0 unspecified atom stereocenters. The predicted octanol–water partition coefficient (Wildman–Crippen LogP) is 9.82. The van der Waals surface area contributed by atoms with Gasteiger partial charge in [0, 0.05) is 26.9 Å². The van der Waals surface area contributed by atoms with Gasteiger partial charge in [0.25, 0.3) is 0 Å². The number of rotatable bonds is 7. The van der Waals surface area contributed by atoms with Crippen LogP contribution in [-0.2, 0) is 0 Å². The van der Waals surface area contributed by atoms with E-state index < -0.39 is 8.07 Å². The molecule has 0 N–H and O–H groups in total.